The fraction of sp³-hybridized carbons (Fsp3) is 0.211. The highest BCUT2D eigenvalue weighted by Crippen LogP contribution is 2.25. The highest BCUT2D eigenvalue weighted by atomic mass is 15.2. The lowest BCUT2D eigenvalue weighted by molar-refractivity contribution is 0.585. The molecule has 2 N–H and O–H groups in total. The Morgan fingerprint density at radius 1 is 1.04 bits per heavy atom. The minimum atomic E-state index is 0.520. The van der Waals surface area contributed by atoms with Crippen molar-refractivity contribution in [3.63, 3.8) is 0 Å². The Morgan fingerprint density at radius 2 is 1.93 bits per heavy atom. The van der Waals surface area contributed by atoms with Gasteiger partial charge >= 0.3 is 0 Å². The zero-order chi connectivity index (χ0) is 18.5. The molecular weight excluding hydrogens is 340 g/mol. The van der Waals surface area contributed by atoms with Crippen LogP contribution in [0.5, 0.6) is 0 Å². The molecule has 8 nitrogen and oxygen atoms in total. The Bertz CT molecular complexity index is 961. The summed E-state index contributed by atoms with van der Waals surface area (Å²) in [5.74, 6) is 2.04. The van der Waals surface area contributed by atoms with Gasteiger partial charge in [0.2, 0.25) is 0 Å². The standard InChI is InChI=1S/C19H18N8/c20-12-14-9-16(25-17(10-14)26-18-13-22-3-4-23-18)15-1-2-24-19(11-15)27-7-5-21-6-8-27/h1-4,9-11,13,21H,5-8H2,(H,23,25,26). The number of aromatic nitrogens is 4. The fourth-order valence-corrected chi connectivity index (χ4v) is 2.95. The first kappa shape index (κ1) is 16.9. The topological polar surface area (TPSA) is 103 Å². The SMILES string of the molecule is N#Cc1cc(Nc2cnccn2)nc(-c2ccnc(N3CCNCC3)c2)c1. The summed E-state index contributed by atoms with van der Waals surface area (Å²) in [6.45, 7) is 3.73. The van der Waals surface area contributed by atoms with Gasteiger partial charge in [-0.1, -0.05) is 0 Å². The van der Waals surface area contributed by atoms with Gasteiger partial charge in [0.05, 0.1) is 23.5 Å². The summed E-state index contributed by atoms with van der Waals surface area (Å²) in [6, 6.07) is 9.58. The van der Waals surface area contributed by atoms with E-state index in [9.17, 15) is 5.26 Å². The number of nitrogens with one attached hydrogen (secondary N) is 2. The maximum absolute atomic E-state index is 9.40. The van der Waals surface area contributed by atoms with Crippen LogP contribution >= 0.6 is 0 Å². The van der Waals surface area contributed by atoms with Gasteiger partial charge in [0, 0.05) is 50.3 Å². The van der Waals surface area contributed by atoms with Gasteiger partial charge in [-0.25, -0.2) is 15.0 Å². The predicted octanol–water partition coefficient (Wildman–Crippen LogP) is 1.96. The maximum atomic E-state index is 9.40. The summed E-state index contributed by atoms with van der Waals surface area (Å²) in [5.41, 5.74) is 2.14. The average Bonchev–Trinajstić information content (AvgIpc) is 2.75. The summed E-state index contributed by atoms with van der Waals surface area (Å²) in [4.78, 5) is 19.6. The molecule has 0 spiro atoms. The van der Waals surface area contributed by atoms with E-state index in [-0.39, 0.29) is 0 Å². The third kappa shape index (κ3) is 3.99. The molecule has 134 valence electrons. The first-order valence-electron chi connectivity index (χ1n) is 8.69. The predicted molar refractivity (Wildman–Crippen MR) is 103 cm³/mol. The van der Waals surface area contributed by atoms with E-state index in [1.54, 1.807) is 36.9 Å². The Kier molecular flexibility index (Phi) is 4.85. The number of nitrogens with zero attached hydrogens (tertiary/aromatic N) is 6. The van der Waals surface area contributed by atoms with E-state index in [1.165, 1.54) is 0 Å². The quantitative estimate of drug-likeness (QED) is 0.730. The van der Waals surface area contributed by atoms with Crippen LogP contribution in [0, 0.1) is 11.3 Å². The number of anilines is 3. The third-order valence-corrected chi connectivity index (χ3v) is 4.26. The van der Waals surface area contributed by atoms with E-state index in [2.05, 4.69) is 41.5 Å². The van der Waals surface area contributed by atoms with Crippen LogP contribution in [0.3, 0.4) is 0 Å². The van der Waals surface area contributed by atoms with Gasteiger partial charge < -0.3 is 15.5 Å². The minimum absolute atomic E-state index is 0.520. The molecule has 1 aliphatic heterocycles. The number of hydrogen-bond acceptors (Lipinski definition) is 8. The van der Waals surface area contributed by atoms with Crippen molar-refractivity contribution in [1.29, 1.82) is 5.26 Å². The lowest BCUT2D eigenvalue weighted by atomic mass is 10.1. The summed E-state index contributed by atoms with van der Waals surface area (Å²) in [7, 11) is 0. The molecular formula is C19H18N8. The Balaban J connectivity index is 1.67. The second kappa shape index (κ2) is 7.76. The lowest BCUT2D eigenvalue weighted by Gasteiger charge is -2.28. The van der Waals surface area contributed by atoms with Crippen molar-refractivity contribution in [3.8, 4) is 17.3 Å². The molecule has 3 aromatic heterocycles. The number of hydrogen-bond donors (Lipinski definition) is 2. The fourth-order valence-electron chi connectivity index (χ4n) is 2.95. The van der Waals surface area contributed by atoms with Crippen LogP contribution in [0.15, 0.2) is 49.1 Å². The Hall–Kier alpha value is -3.57. The van der Waals surface area contributed by atoms with Gasteiger partial charge in [0.1, 0.15) is 17.5 Å². The molecule has 8 heteroatoms. The lowest BCUT2D eigenvalue weighted by Crippen LogP contribution is -2.43. The Morgan fingerprint density at radius 3 is 2.70 bits per heavy atom. The van der Waals surface area contributed by atoms with Crippen molar-refractivity contribution >= 4 is 17.5 Å². The molecule has 4 heterocycles. The van der Waals surface area contributed by atoms with Crippen LogP contribution in [0.25, 0.3) is 11.3 Å². The number of piperazine rings is 1. The van der Waals surface area contributed by atoms with E-state index in [1.807, 2.05) is 12.1 Å². The molecule has 3 aromatic rings. The zero-order valence-electron chi connectivity index (χ0n) is 14.6. The molecule has 4 rings (SSSR count). The van der Waals surface area contributed by atoms with Crippen LogP contribution in [-0.4, -0.2) is 46.1 Å². The molecule has 0 atom stereocenters. The van der Waals surface area contributed by atoms with Crippen LogP contribution in [0.2, 0.25) is 0 Å². The van der Waals surface area contributed by atoms with Gasteiger partial charge in [-0.2, -0.15) is 5.26 Å². The summed E-state index contributed by atoms with van der Waals surface area (Å²) in [6.07, 6.45) is 6.59. The summed E-state index contributed by atoms with van der Waals surface area (Å²) < 4.78 is 0. The summed E-state index contributed by atoms with van der Waals surface area (Å²) >= 11 is 0. The molecule has 0 bridgehead atoms. The van der Waals surface area contributed by atoms with Crippen molar-refractivity contribution in [2.45, 2.75) is 0 Å². The van der Waals surface area contributed by atoms with Gasteiger partial charge in [-0.05, 0) is 24.3 Å². The smallest absolute Gasteiger partial charge is 0.150 e. The van der Waals surface area contributed by atoms with Crippen LogP contribution < -0.4 is 15.5 Å². The normalized spacial score (nSPS) is 13.8. The second-order valence-corrected chi connectivity index (χ2v) is 6.09. The van der Waals surface area contributed by atoms with Crippen molar-refractivity contribution in [2.75, 3.05) is 36.4 Å². The third-order valence-electron chi connectivity index (χ3n) is 4.26. The number of nitriles is 1. The molecule has 0 unspecified atom stereocenters. The van der Waals surface area contributed by atoms with E-state index < -0.39 is 0 Å². The van der Waals surface area contributed by atoms with E-state index in [0.717, 1.165) is 37.6 Å². The molecule has 0 radical (unpaired) electrons. The monoisotopic (exact) mass is 358 g/mol. The molecule has 0 aromatic carbocycles. The molecule has 0 amide bonds. The highest BCUT2D eigenvalue weighted by Gasteiger charge is 2.13. The van der Waals surface area contributed by atoms with Crippen LogP contribution in [-0.2, 0) is 0 Å². The van der Waals surface area contributed by atoms with Crippen molar-refractivity contribution in [1.82, 2.24) is 25.3 Å². The molecule has 27 heavy (non-hydrogen) atoms. The van der Waals surface area contributed by atoms with Gasteiger partial charge in [0.25, 0.3) is 0 Å². The van der Waals surface area contributed by atoms with Crippen molar-refractivity contribution in [2.24, 2.45) is 0 Å². The largest absolute Gasteiger partial charge is 0.354 e. The maximum Gasteiger partial charge on any atom is 0.150 e. The average molecular weight is 358 g/mol. The van der Waals surface area contributed by atoms with Gasteiger partial charge in [0.15, 0.2) is 0 Å². The van der Waals surface area contributed by atoms with Crippen molar-refractivity contribution in [3.05, 3.63) is 54.6 Å². The van der Waals surface area contributed by atoms with Crippen LogP contribution in [0.4, 0.5) is 17.5 Å². The van der Waals surface area contributed by atoms with E-state index >= 15 is 0 Å². The van der Waals surface area contributed by atoms with E-state index in [4.69, 9.17) is 0 Å². The molecule has 0 saturated carbocycles. The summed E-state index contributed by atoms with van der Waals surface area (Å²) in [5, 5.41) is 15.8. The number of pyridine rings is 2. The van der Waals surface area contributed by atoms with Crippen molar-refractivity contribution < 1.29 is 0 Å². The number of rotatable bonds is 4. The second-order valence-electron chi connectivity index (χ2n) is 6.09. The molecule has 0 aliphatic carbocycles. The minimum Gasteiger partial charge on any atom is -0.354 e. The molecule has 1 aliphatic rings. The molecule has 1 saturated heterocycles. The zero-order valence-corrected chi connectivity index (χ0v) is 14.6. The molecule has 1 fully saturated rings. The Labute approximate surface area is 156 Å². The van der Waals surface area contributed by atoms with Crippen LogP contribution in [0.1, 0.15) is 5.56 Å². The first-order chi connectivity index (χ1) is 13.3. The van der Waals surface area contributed by atoms with Gasteiger partial charge in [-0.15, -0.1) is 0 Å². The first-order valence-corrected chi connectivity index (χ1v) is 8.69. The van der Waals surface area contributed by atoms with E-state index in [0.29, 0.717) is 22.9 Å². The van der Waals surface area contributed by atoms with Gasteiger partial charge in [-0.3, -0.25) is 4.98 Å². The highest BCUT2D eigenvalue weighted by molar-refractivity contribution is 5.68.